The van der Waals surface area contributed by atoms with Crippen molar-refractivity contribution in [3.8, 4) is 11.4 Å². The van der Waals surface area contributed by atoms with Crippen molar-refractivity contribution in [2.24, 2.45) is 0 Å². The van der Waals surface area contributed by atoms with Gasteiger partial charge < -0.3 is 0 Å². The molecule has 6 nitrogen and oxygen atoms in total. The number of halogens is 3. The van der Waals surface area contributed by atoms with Crippen LogP contribution in [0.15, 0.2) is 29.4 Å². The minimum Gasteiger partial charge on any atom is -0.299 e. The first-order valence-electron chi connectivity index (χ1n) is 7.24. The van der Waals surface area contributed by atoms with Gasteiger partial charge in [0.15, 0.2) is 11.0 Å². The molecule has 24 heavy (non-hydrogen) atoms. The van der Waals surface area contributed by atoms with E-state index in [1.807, 2.05) is 4.57 Å². The number of alkyl halides is 3. The minimum atomic E-state index is -4.20. The van der Waals surface area contributed by atoms with Crippen LogP contribution in [0.4, 0.5) is 18.9 Å². The monoisotopic (exact) mass is 358 g/mol. The molecular formula is C14H13F3N4O2S. The average Bonchev–Trinajstić information content (AvgIpc) is 3.27. The first-order valence-corrected chi connectivity index (χ1v) is 8.23. The number of nitro benzene ring substituents is 1. The quantitative estimate of drug-likeness (QED) is 0.439. The molecule has 10 heteroatoms. The second-order valence-electron chi connectivity index (χ2n) is 5.42. The highest BCUT2D eigenvalue weighted by atomic mass is 32.2. The maximum Gasteiger partial charge on any atom is 0.389 e. The van der Waals surface area contributed by atoms with Crippen LogP contribution in [0.1, 0.15) is 25.3 Å². The number of nitrogens with zero attached hydrogens (tertiary/aromatic N) is 4. The molecule has 0 bridgehead atoms. The van der Waals surface area contributed by atoms with Crippen molar-refractivity contribution < 1.29 is 18.1 Å². The Labute approximate surface area is 139 Å². The average molecular weight is 358 g/mol. The van der Waals surface area contributed by atoms with E-state index in [0.29, 0.717) is 16.5 Å². The van der Waals surface area contributed by atoms with Crippen molar-refractivity contribution in [1.82, 2.24) is 14.8 Å². The van der Waals surface area contributed by atoms with Crippen LogP contribution in [0.2, 0.25) is 0 Å². The SMILES string of the molecule is O=[N+]([O-])c1ccc(-c2nnc(SCCC(F)(F)F)n2C2CC2)cc1. The number of non-ortho nitro benzene ring substituents is 1. The third-order valence-electron chi connectivity index (χ3n) is 3.53. The van der Waals surface area contributed by atoms with Gasteiger partial charge in [-0.15, -0.1) is 10.2 Å². The molecule has 1 aliphatic rings. The Kier molecular flexibility index (Phi) is 4.48. The standard InChI is InChI=1S/C14H13F3N4O2S/c15-14(16,17)7-8-24-13-19-18-12(20(13)10-5-6-10)9-1-3-11(4-2-9)21(22)23/h1-4,10H,5-8H2. The van der Waals surface area contributed by atoms with Gasteiger partial charge in [0.25, 0.3) is 5.69 Å². The molecule has 0 saturated heterocycles. The molecule has 0 unspecified atom stereocenters. The minimum absolute atomic E-state index is 0.0315. The lowest BCUT2D eigenvalue weighted by Gasteiger charge is -2.09. The molecule has 0 spiro atoms. The van der Waals surface area contributed by atoms with E-state index in [1.54, 1.807) is 12.1 Å². The third-order valence-corrected chi connectivity index (χ3v) is 4.47. The van der Waals surface area contributed by atoms with Crippen molar-refractivity contribution in [2.45, 2.75) is 36.6 Å². The van der Waals surface area contributed by atoms with Crippen molar-refractivity contribution in [2.75, 3.05) is 5.75 Å². The first-order chi connectivity index (χ1) is 11.3. The van der Waals surface area contributed by atoms with Crippen molar-refractivity contribution in [3.63, 3.8) is 0 Å². The van der Waals surface area contributed by atoms with Gasteiger partial charge in [0.1, 0.15) is 0 Å². The smallest absolute Gasteiger partial charge is 0.299 e. The zero-order valence-electron chi connectivity index (χ0n) is 12.4. The Morgan fingerprint density at radius 1 is 1.25 bits per heavy atom. The summed E-state index contributed by atoms with van der Waals surface area (Å²) >= 11 is 1.03. The van der Waals surface area contributed by atoms with E-state index in [4.69, 9.17) is 0 Å². The van der Waals surface area contributed by atoms with E-state index in [1.165, 1.54) is 12.1 Å². The molecule has 1 fully saturated rings. The molecule has 0 aliphatic heterocycles. The van der Waals surface area contributed by atoms with Crippen LogP contribution in [-0.2, 0) is 0 Å². The van der Waals surface area contributed by atoms with Gasteiger partial charge in [-0.1, -0.05) is 11.8 Å². The summed E-state index contributed by atoms with van der Waals surface area (Å²) in [6, 6.07) is 6.07. The van der Waals surface area contributed by atoms with E-state index < -0.39 is 17.5 Å². The number of benzene rings is 1. The van der Waals surface area contributed by atoms with Crippen LogP contribution in [0.3, 0.4) is 0 Å². The van der Waals surface area contributed by atoms with Gasteiger partial charge in [0, 0.05) is 29.5 Å². The summed E-state index contributed by atoms with van der Waals surface area (Å²) in [5, 5.41) is 19.3. The normalized spacial score (nSPS) is 14.8. The van der Waals surface area contributed by atoms with Crippen LogP contribution in [-0.4, -0.2) is 31.6 Å². The Balaban J connectivity index is 1.82. The lowest BCUT2D eigenvalue weighted by molar-refractivity contribution is -0.384. The predicted octanol–water partition coefficient (Wildman–Crippen LogP) is 4.23. The van der Waals surface area contributed by atoms with Gasteiger partial charge in [-0.05, 0) is 25.0 Å². The topological polar surface area (TPSA) is 73.8 Å². The number of rotatable bonds is 6. The van der Waals surface area contributed by atoms with Crippen LogP contribution in [0, 0.1) is 10.1 Å². The van der Waals surface area contributed by atoms with E-state index in [2.05, 4.69) is 10.2 Å². The Morgan fingerprint density at radius 3 is 2.46 bits per heavy atom. The zero-order valence-corrected chi connectivity index (χ0v) is 13.2. The van der Waals surface area contributed by atoms with E-state index in [0.717, 1.165) is 24.6 Å². The molecule has 0 N–H and O–H groups in total. The Hall–Kier alpha value is -2.10. The summed E-state index contributed by atoms with van der Waals surface area (Å²) in [6.07, 6.45) is -3.24. The molecule has 3 rings (SSSR count). The largest absolute Gasteiger partial charge is 0.389 e. The summed E-state index contributed by atoms with van der Waals surface area (Å²) in [4.78, 5) is 10.2. The van der Waals surface area contributed by atoms with Gasteiger partial charge >= 0.3 is 6.18 Å². The number of nitro groups is 1. The van der Waals surface area contributed by atoms with Crippen molar-refractivity contribution in [3.05, 3.63) is 34.4 Å². The molecule has 128 valence electrons. The van der Waals surface area contributed by atoms with Gasteiger partial charge in [-0.25, -0.2) is 0 Å². The Bertz CT molecular complexity index is 741. The maximum atomic E-state index is 12.3. The summed E-state index contributed by atoms with van der Waals surface area (Å²) in [7, 11) is 0. The van der Waals surface area contributed by atoms with Gasteiger partial charge in [0.2, 0.25) is 0 Å². The number of aromatic nitrogens is 3. The number of thioether (sulfide) groups is 1. The zero-order chi connectivity index (χ0) is 17.3. The lowest BCUT2D eigenvalue weighted by atomic mass is 10.2. The molecule has 1 aliphatic carbocycles. The van der Waals surface area contributed by atoms with E-state index in [-0.39, 0.29) is 17.5 Å². The molecule has 1 heterocycles. The number of hydrogen-bond acceptors (Lipinski definition) is 5. The Morgan fingerprint density at radius 2 is 1.92 bits per heavy atom. The first kappa shape index (κ1) is 16.7. The summed E-state index contributed by atoms with van der Waals surface area (Å²) in [5.74, 6) is 0.413. The predicted molar refractivity (Wildman–Crippen MR) is 81.8 cm³/mol. The molecule has 2 aromatic rings. The highest BCUT2D eigenvalue weighted by Crippen LogP contribution is 2.41. The fourth-order valence-electron chi connectivity index (χ4n) is 2.22. The summed E-state index contributed by atoms with van der Waals surface area (Å²) < 4.78 is 38.7. The van der Waals surface area contributed by atoms with Crippen LogP contribution in [0.5, 0.6) is 0 Å². The molecule has 0 atom stereocenters. The highest BCUT2D eigenvalue weighted by Gasteiger charge is 2.31. The summed E-state index contributed by atoms with van der Waals surface area (Å²) in [5.41, 5.74) is 0.624. The summed E-state index contributed by atoms with van der Waals surface area (Å²) in [6.45, 7) is 0. The third kappa shape index (κ3) is 3.86. The molecular weight excluding hydrogens is 345 g/mol. The molecule has 1 aromatic heterocycles. The molecule has 1 aromatic carbocycles. The maximum absolute atomic E-state index is 12.3. The van der Waals surface area contributed by atoms with Crippen LogP contribution in [0.25, 0.3) is 11.4 Å². The van der Waals surface area contributed by atoms with Crippen molar-refractivity contribution in [1.29, 1.82) is 0 Å². The lowest BCUT2D eigenvalue weighted by Crippen LogP contribution is -2.08. The molecule has 1 saturated carbocycles. The van der Waals surface area contributed by atoms with Gasteiger partial charge in [0.05, 0.1) is 11.3 Å². The molecule has 0 amide bonds. The van der Waals surface area contributed by atoms with Crippen LogP contribution >= 0.6 is 11.8 Å². The highest BCUT2D eigenvalue weighted by molar-refractivity contribution is 7.99. The van der Waals surface area contributed by atoms with Crippen LogP contribution < -0.4 is 0 Å². The fraction of sp³-hybridized carbons (Fsp3) is 0.429. The van der Waals surface area contributed by atoms with Crippen molar-refractivity contribution >= 4 is 17.4 Å². The molecule has 0 radical (unpaired) electrons. The van der Waals surface area contributed by atoms with E-state index in [9.17, 15) is 23.3 Å². The van der Waals surface area contributed by atoms with E-state index >= 15 is 0 Å². The second-order valence-corrected chi connectivity index (χ2v) is 6.49. The van der Waals surface area contributed by atoms with Gasteiger partial charge in [-0.2, -0.15) is 13.2 Å². The fourth-order valence-corrected chi connectivity index (χ4v) is 3.21. The second kappa shape index (κ2) is 6.42. The number of hydrogen-bond donors (Lipinski definition) is 0. The van der Waals surface area contributed by atoms with Gasteiger partial charge in [-0.3, -0.25) is 14.7 Å².